The molecule has 4 aromatic rings. The Kier molecular flexibility index (Phi) is 10.4. The molecule has 11 heteroatoms. The van der Waals surface area contributed by atoms with Gasteiger partial charge in [-0.25, -0.2) is 0 Å². The molecule has 0 saturated carbocycles. The van der Waals surface area contributed by atoms with Gasteiger partial charge in [-0.1, -0.05) is 84.9 Å². The van der Waals surface area contributed by atoms with Gasteiger partial charge in [-0.2, -0.15) is 26.3 Å². The van der Waals surface area contributed by atoms with Crippen molar-refractivity contribution in [2.45, 2.75) is 63.6 Å². The van der Waals surface area contributed by atoms with Crippen LogP contribution in [-0.4, -0.2) is 47.0 Å². The Hall–Kier alpha value is -4.77. The summed E-state index contributed by atoms with van der Waals surface area (Å²) in [5.74, 6) is -2.91. The van der Waals surface area contributed by atoms with E-state index in [0.717, 1.165) is 58.0 Å². The average Bonchev–Trinajstić information content (AvgIpc) is 3.07. The van der Waals surface area contributed by atoms with Crippen LogP contribution in [0.25, 0.3) is 0 Å². The number of piperazine rings is 1. The Morgan fingerprint density at radius 1 is 0.694 bits per heavy atom. The molecule has 256 valence electrons. The molecule has 1 aliphatic rings. The SMILES string of the molecule is Cc1ccc(CC2NCC(C(=O)c3ccccc3C(F)(F)F)N(C(=O)CCc3ccccc3)C2C(=O)c2ccccc2C(F)(F)F)cc1C. The minimum atomic E-state index is -4.93. The van der Waals surface area contributed by atoms with E-state index in [0.29, 0.717) is 5.56 Å². The standard InChI is InChI=1S/C38H34F6N2O3/c1-23-16-17-26(20-24(23)2)21-31-34(36(49)28-13-7-9-15-30(28)38(42,43)44)46(33(47)19-18-25-10-4-3-5-11-25)32(22-45-31)35(48)27-12-6-8-14-29(27)37(39,40)41/h3-17,20,31-32,34,45H,18-19,21-22H2,1-2H3. The van der Waals surface area contributed by atoms with Gasteiger partial charge in [0.2, 0.25) is 5.91 Å². The number of benzene rings is 4. The highest BCUT2D eigenvalue weighted by Gasteiger charge is 2.49. The number of amides is 1. The maximum atomic E-state index is 14.5. The summed E-state index contributed by atoms with van der Waals surface area (Å²) in [5.41, 5.74) is -0.505. The molecule has 5 rings (SSSR count). The van der Waals surface area contributed by atoms with Crippen LogP contribution in [0.1, 0.15) is 60.5 Å². The maximum absolute atomic E-state index is 14.5. The van der Waals surface area contributed by atoms with Gasteiger partial charge in [-0.05, 0) is 61.1 Å². The first-order chi connectivity index (χ1) is 23.2. The molecule has 1 heterocycles. The lowest BCUT2D eigenvalue weighted by Gasteiger charge is -2.46. The highest BCUT2D eigenvalue weighted by molar-refractivity contribution is 6.07. The number of Topliss-reactive ketones (excluding diaryl/α,β-unsaturated/α-hetero) is 2. The Balaban J connectivity index is 1.65. The molecule has 1 amide bonds. The molecule has 1 fully saturated rings. The van der Waals surface area contributed by atoms with Crippen molar-refractivity contribution >= 4 is 17.5 Å². The lowest BCUT2D eigenvalue weighted by Crippen LogP contribution is -2.69. The topological polar surface area (TPSA) is 66.5 Å². The van der Waals surface area contributed by atoms with E-state index in [2.05, 4.69) is 5.32 Å². The van der Waals surface area contributed by atoms with E-state index in [4.69, 9.17) is 0 Å². The number of hydrogen-bond acceptors (Lipinski definition) is 4. The average molecular weight is 681 g/mol. The van der Waals surface area contributed by atoms with Gasteiger partial charge in [0.1, 0.15) is 12.1 Å². The lowest BCUT2D eigenvalue weighted by molar-refractivity contribution is -0.138. The molecular formula is C38H34F6N2O3. The molecule has 0 aromatic heterocycles. The molecule has 1 N–H and O–H groups in total. The largest absolute Gasteiger partial charge is 0.417 e. The molecule has 3 atom stereocenters. The fraction of sp³-hybridized carbons (Fsp3) is 0.289. The second-order valence-corrected chi connectivity index (χ2v) is 12.2. The summed E-state index contributed by atoms with van der Waals surface area (Å²) in [7, 11) is 0. The van der Waals surface area contributed by atoms with Crippen molar-refractivity contribution in [2.24, 2.45) is 0 Å². The van der Waals surface area contributed by atoms with Crippen LogP contribution in [0.2, 0.25) is 0 Å². The number of carbonyl (C=O) groups is 3. The van der Waals surface area contributed by atoms with Crippen LogP contribution >= 0.6 is 0 Å². The summed E-state index contributed by atoms with van der Waals surface area (Å²) in [6, 6.07) is 18.3. The zero-order valence-corrected chi connectivity index (χ0v) is 26.7. The molecule has 0 spiro atoms. The molecular weight excluding hydrogens is 646 g/mol. The number of hydrogen-bond donors (Lipinski definition) is 1. The first-order valence-corrected chi connectivity index (χ1v) is 15.7. The number of rotatable bonds is 9. The molecule has 5 nitrogen and oxygen atoms in total. The van der Waals surface area contributed by atoms with E-state index >= 15 is 0 Å². The predicted octanol–water partition coefficient (Wildman–Crippen LogP) is 7.82. The molecule has 1 aliphatic heterocycles. The van der Waals surface area contributed by atoms with Gasteiger partial charge in [0.25, 0.3) is 0 Å². The summed E-state index contributed by atoms with van der Waals surface area (Å²) in [6.45, 7) is 3.45. The monoisotopic (exact) mass is 680 g/mol. The first-order valence-electron chi connectivity index (χ1n) is 15.7. The van der Waals surface area contributed by atoms with Crippen molar-refractivity contribution in [1.29, 1.82) is 0 Å². The maximum Gasteiger partial charge on any atom is 0.417 e. The number of carbonyl (C=O) groups excluding carboxylic acids is 3. The summed E-state index contributed by atoms with van der Waals surface area (Å²) >= 11 is 0. The Morgan fingerprint density at radius 2 is 1.24 bits per heavy atom. The van der Waals surface area contributed by atoms with Crippen LogP contribution in [0.15, 0.2) is 97.1 Å². The summed E-state index contributed by atoms with van der Waals surface area (Å²) < 4.78 is 85.0. The number of nitrogens with zero attached hydrogens (tertiary/aromatic N) is 1. The van der Waals surface area contributed by atoms with Crippen LogP contribution in [0.5, 0.6) is 0 Å². The Morgan fingerprint density at radius 3 is 1.82 bits per heavy atom. The quantitative estimate of drug-likeness (QED) is 0.145. The summed E-state index contributed by atoms with van der Waals surface area (Å²) in [6.07, 6.45) is -9.86. The zero-order valence-electron chi connectivity index (χ0n) is 26.7. The third-order valence-electron chi connectivity index (χ3n) is 8.94. The van der Waals surface area contributed by atoms with Crippen LogP contribution in [0.4, 0.5) is 26.3 Å². The Bertz CT molecular complexity index is 1840. The number of aryl methyl sites for hydroxylation is 3. The van der Waals surface area contributed by atoms with E-state index < -0.39 is 70.2 Å². The normalized spacial score (nSPS) is 18.3. The van der Waals surface area contributed by atoms with Crippen LogP contribution in [0.3, 0.4) is 0 Å². The smallest absolute Gasteiger partial charge is 0.319 e. The molecule has 0 aliphatic carbocycles. The fourth-order valence-corrected chi connectivity index (χ4v) is 6.34. The number of nitrogens with one attached hydrogen (secondary N) is 1. The third-order valence-corrected chi connectivity index (χ3v) is 8.94. The van der Waals surface area contributed by atoms with Gasteiger partial charge in [-0.15, -0.1) is 0 Å². The molecule has 0 bridgehead atoms. The molecule has 0 radical (unpaired) electrons. The van der Waals surface area contributed by atoms with Gasteiger partial charge < -0.3 is 10.2 Å². The van der Waals surface area contributed by atoms with Gasteiger partial charge in [0.15, 0.2) is 11.6 Å². The van der Waals surface area contributed by atoms with E-state index in [9.17, 15) is 40.7 Å². The van der Waals surface area contributed by atoms with Gasteiger partial charge in [0, 0.05) is 30.1 Å². The van der Waals surface area contributed by atoms with Crippen molar-refractivity contribution in [3.05, 3.63) is 142 Å². The summed E-state index contributed by atoms with van der Waals surface area (Å²) in [4.78, 5) is 43.8. The van der Waals surface area contributed by atoms with E-state index in [1.54, 1.807) is 36.4 Å². The third kappa shape index (κ3) is 7.94. The van der Waals surface area contributed by atoms with Crippen LogP contribution in [-0.2, 0) is 30.0 Å². The molecule has 3 unspecified atom stereocenters. The number of alkyl halides is 6. The second kappa shape index (κ2) is 14.4. The van der Waals surface area contributed by atoms with Crippen molar-refractivity contribution < 1.29 is 40.7 Å². The minimum Gasteiger partial charge on any atom is -0.319 e. The second-order valence-electron chi connectivity index (χ2n) is 12.2. The highest BCUT2D eigenvalue weighted by Crippen LogP contribution is 2.36. The molecule has 1 saturated heterocycles. The van der Waals surface area contributed by atoms with E-state index in [-0.39, 0.29) is 25.8 Å². The van der Waals surface area contributed by atoms with Gasteiger partial charge >= 0.3 is 12.4 Å². The van der Waals surface area contributed by atoms with E-state index in [1.807, 2.05) is 26.0 Å². The van der Waals surface area contributed by atoms with Crippen LogP contribution in [0, 0.1) is 13.8 Å². The number of ketones is 2. The molecule has 4 aromatic carbocycles. The fourth-order valence-electron chi connectivity index (χ4n) is 6.34. The Labute approximate surface area is 279 Å². The molecule has 49 heavy (non-hydrogen) atoms. The zero-order chi connectivity index (χ0) is 35.5. The van der Waals surface area contributed by atoms with Crippen LogP contribution < -0.4 is 5.32 Å². The minimum absolute atomic E-state index is 0.0776. The lowest BCUT2D eigenvalue weighted by atomic mass is 9.84. The summed E-state index contributed by atoms with van der Waals surface area (Å²) in [5, 5.41) is 3.08. The van der Waals surface area contributed by atoms with Gasteiger partial charge in [0.05, 0.1) is 11.1 Å². The van der Waals surface area contributed by atoms with Crippen molar-refractivity contribution in [2.75, 3.05) is 6.54 Å². The van der Waals surface area contributed by atoms with Crippen molar-refractivity contribution in [1.82, 2.24) is 10.2 Å². The predicted molar refractivity (Wildman–Crippen MR) is 172 cm³/mol. The number of halogens is 6. The van der Waals surface area contributed by atoms with Crippen molar-refractivity contribution in [3.8, 4) is 0 Å². The highest BCUT2D eigenvalue weighted by atomic mass is 19.4. The van der Waals surface area contributed by atoms with Crippen molar-refractivity contribution in [3.63, 3.8) is 0 Å². The van der Waals surface area contributed by atoms with Gasteiger partial charge in [-0.3, -0.25) is 14.4 Å². The first kappa shape index (κ1) is 35.5. The van der Waals surface area contributed by atoms with E-state index in [1.165, 1.54) is 12.1 Å².